The number of rotatable bonds is 7. The highest BCUT2D eigenvalue weighted by molar-refractivity contribution is 5.40. The van der Waals surface area contributed by atoms with E-state index >= 15 is 0 Å². The van der Waals surface area contributed by atoms with Crippen LogP contribution in [0.4, 0.5) is 0 Å². The topological polar surface area (TPSA) is 12.0 Å². The van der Waals surface area contributed by atoms with Gasteiger partial charge in [0.2, 0.25) is 0 Å². The van der Waals surface area contributed by atoms with Crippen LogP contribution in [0.1, 0.15) is 75.1 Å². The van der Waals surface area contributed by atoms with E-state index in [0.717, 1.165) is 0 Å². The van der Waals surface area contributed by atoms with Gasteiger partial charge in [0.25, 0.3) is 0 Å². The van der Waals surface area contributed by atoms with Crippen molar-refractivity contribution in [1.82, 2.24) is 5.32 Å². The lowest BCUT2D eigenvalue weighted by Crippen LogP contribution is -2.33. The molecule has 0 aliphatic heterocycles. The molecule has 0 heterocycles. The lowest BCUT2D eigenvalue weighted by molar-refractivity contribution is 0.417. The van der Waals surface area contributed by atoms with Gasteiger partial charge in [-0.1, -0.05) is 44.9 Å². The fourth-order valence-electron chi connectivity index (χ4n) is 3.63. The summed E-state index contributed by atoms with van der Waals surface area (Å²) in [6, 6.07) is 5.82. The number of benzene rings is 1. The van der Waals surface area contributed by atoms with Gasteiger partial charge in [0, 0.05) is 12.1 Å². The van der Waals surface area contributed by atoms with Crippen LogP contribution in [0.15, 0.2) is 12.1 Å². The molecule has 114 valence electrons. The maximum atomic E-state index is 3.65. The van der Waals surface area contributed by atoms with Crippen LogP contribution < -0.4 is 5.32 Å². The second kappa shape index (κ2) is 7.83. The number of aryl methyl sites for hydroxylation is 3. The molecule has 0 radical (unpaired) electrons. The molecule has 2 unspecified atom stereocenters. The number of nitrogens with one attached hydrogen (secondary N) is 1. The fourth-order valence-corrected chi connectivity index (χ4v) is 3.63. The van der Waals surface area contributed by atoms with Crippen molar-refractivity contribution in [1.29, 1.82) is 0 Å². The van der Waals surface area contributed by atoms with Crippen LogP contribution in [0, 0.1) is 20.8 Å². The van der Waals surface area contributed by atoms with Crippen LogP contribution in [0.5, 0.6) is 0 Å². The Bertz CT molecular complexity index is 397. The van der Waals surface area contributed by atoms with E-state index in [1.165, 1.54) is 36.0 Å². The molecule has 1 heteroatoms. The first-order valence-corrected chi connectivity index (χ1v) is 8.18. The van der Waals surface area contributed by atoms with Gasteiger partial charge >= 0.3 is 0 Å². The molecule has 1 aromatic rings. The summed E-state index contributed by atoms with van der Waals surface area (Å²) in [6.07, 6.45) is 3.78. The number of hydrogen-bond donors (Lipinski definition) is 1. The SMILES string of the molecule is CCCC(CC(C)NC(C)C)c1c(C)cc(C)cc1C. The molecule has 0 spiro atoms. The van der Waals surface area contributed by atoms with Gasteiger partial charge in [-0.25, -0.2) is 0 Å². The molecule has 2 atom stereocenters. The van der Waals surface area contributed by atoms with Gasteiger partial charge in [0.05, 0.1) is 0 Å². The van der Waals surface area contributed by atoms with E-state index in [9.17, 15) is 0 Å². The third-order valence-corrected chi connectivity index (χ3v) is 4.04. The predicted molar refractivity (Wildman–Crippen MR) is 90.7 cm³/mol. The van der Waals surface area contributed by atoms with Gasteiger partial charge in [-0.05, 0) is 63.1 Å². The van der Waals surface area contributed by atoms with Gasteiger partial charge in [-0.3, -0.25) is 0 Å². The zero-order valence-corrected chi connectivity index (χ0v) is 14.5. The predicted octanol–water partition coefficient (Wildman–Crippen LogP) is 5.27. The lowest BCUT2D eigenvalue weighted by atomic mass is 9.83. The minimum atomic E-state index is 0.562. The molecule has 1 N–H and O–H groups in total. The zero-order chi connectivity index (χ0) is 15.3. The lowest BCUT2D eigenvalue weighted by Gasteiger charge is -2.26. The van der Waals surface area contributed by atoms with Crippen molar-refractivity contribution in [2.45, 2.75) is 85.7 Å². The number of hydrogen-bond acceptors (Lipinski definition) is 1. The largest absolute Gasteiger partial charge is 0.312 e. The third-order valence-electron chi connectivity index (χ3n) is 4.04. The third kappa shape index (κ3) is 4.94. The molecule has 0 saturated heterocycles. The highest BCUT2D eigenvalue weighted by atomic mass is 14.9. The van der Waals surface area contributed by atoms with Crippen molar-refractivity contribution in [2.75, 3.05) is 0 Å². The van der Waals surface area contributed by atoms with E-state index in [-0.39, 0.29) is 0 Å². The second-order valence-corrected chi connectivity index (χ2v) is 6.76. The molecule has 1 aromatic carbocycles. The normalized spacial score (nSPS) is 14.6. The molecule has 0 amide bonds. The molecule has 20 heavy (non-hydrogen) atoms. The Kier molecular flexibility index (Phi) is 6.75. The molecule has 1 rings (SSSR count). The van der Waals surface area contributed by atoms with Crippen molar-refractivity contribution in [3.63, 3.8) is 0 Å². The van der Waals surface area contributed by atoms with Gasteiger partial charge in [-0.15, -0.1) is 0 Å². The molecule has 0 aliphatic rings. The van der Waals surface area contributed by atoms with Gasteiger partial charge in [-0.2, -0.15) is 0 Å². The van der Waals surface area contributed by atoms with E-state index in [4.69, 9.17) is 0 Å². The molecule has 0 fully saturated rings. The van der Waals surface area contributed by atoms with Crippen molar-refractivity contribution in [3.8, 4) is 0 Å². The summed E-state index contributed by atoms with van der Waals surface area (Å²) >= 11 is 0. The summed E-state index contributed by atoms with van der Waals surface area (Å²) in [5.74, 6) is 0.682. The highest BCUT2D eigenvalue weighted by Gasteiger charge is 2.19. The fraction of sp³-hybridized carbons (Fsp3) is 0.684. The van der Waals surface area contributed by atoms with E-state index < -0.39 is 0 Å². The molecular weight excluding hydrogens is 242 g/mol. The Balaban J connectivity index is 2.96. The van der Waals surface area contributed by atoms with Gasteiger partial charge in [0.15, 0.2) is 0 Å². The first-order valence-electron chi connectivity index (χ1n) is 8.18. The van der Waals surface area contributed by atoms with Crippen molar-refractivity contribution in [2.24, 2.45) is 0 Å². The van der Waals surface area contributed by atoms with E-state index in [1.54, 1.807) is 5.56 Å². The average molecular weight is 275 g/mol. The first-order chi connectivity index (χ1) is 9.35. The van der Waals surface area contributed by atoms with Crippen LogP contribution in [0.25, 0.3) is 0 Å². The first kappa shape index (κ1) is 17.2. The Labute approximate surface area is 126 Å². The summed E-state index contributed by atoms with van der Waals surface area (Å²) in [4.78, 5) is 0. The molecule has 0 aliphatic carbocycles. The van der Waals surface area contributed by atoms with Crippen LogP contribution >= 0.6 is 0 Å². The zero-order valence-electron chi connectivity index (χ0n) is 14.5. The second-order valence-electron chi connectivity index (χ2n) is 6.76. The van der Waals surface area contributed by atoms with Crippen LogP contribution in [0.2, 0.25) is 0 Å². The van der Waals surface area contributed by atoms with Crippen LogP contribution in [-0.2, 0) is 0 Å². The monoisotopic (exact) mass is 275 g/mol. The summed E-state index contributed by atoms with van der Waals surface area (Å²) in [5, 5.41) is 3.65. The Morgan fingerprint density at radius 1 is 1.00 bits per heavy atom. The average Bonchev–Trinajstić information content (AvgIpc) is 2.26. The van der Waals surface area contributed by atoms with Crippen LogP contribution in [-0.4, -0.2) is 12.1 Å². The van der Waals surface area contributed by atoms with E-state index in [2.05, 4.69) is 65.9 Å². The van der Waals surface area contributed by atoms with Gasteiger partial charge < -0.3 is 5.32 Å². The highest BCUT2D eigenvalue weighted by Crippen LogP contribution is 2.32. The standard InChI is InChI=1S/C19H33N/c1-8-9-18(12-17(7)20-13(2)3)19-15(5)10-14(4)11-16(19)6/h10-11,13,17-18,20H,8-9,12H2,1-7H3. The Morgan fingerprint density at radius 3 is 2.00 bits per heavy atom. The molecular formula is C19H33N. The minimum Gasteiger partial charge on any atom is -0.312 e. The molecule has 0 saturated carbocycles. The van der Waals surface area contributed by atoms with E-state index in [1.807, 2.05) is 0 Å². The van der Waals surface area contributed by atoms with Gasteiger partial charge in [0.1, 0.15) is 0 Å². The molecule has 0 aromatic heterocycles. The Hall–Kier alpha value is -0.820. The smallest absolute Gasteiger partial charge is 0.00469 e. The summed E-state index contributed by atoms with van der Waals surface area (Å²) < 4.78 is 0. The maximum Gasteiger partial charge on any atom is 0.00469 e. The summed E-state index contributed by atoms with van der Waals surface area (Å²) in [7, 11) is 0. The Morgan fingerprint density at radius 2 is 1.55 bits per heavy atom. The molecule has 1 nitrogen and oxygen atoms in total. The molecule has 0 bridgehead atoms. The minimum absolute atomic E-state index is 0.562. The van der Waals surface area contributed by atoms with Crippen molar-refractivity contribution in [3.05, 3.63) is 34.4 Å². The summed E-state index contributed by atoms with van der Waals surface area (Å²) in [6.45, 7) is 15.8. The van der Waals surface area contributed by atoms with Crippen LogP contribution in [0.3, 0.4) is 0 Å². The van der Waals surface area contributed by atoms with Crippen molar-refractivity contribution < 1.29 is 0 Å². The van der Waals surface area contributed by atoms with E-state index in [0.29, 0.717) is 18.0 Å². The summed E-state index contributed by atoms with van der Waals surface area (Å²) in [5.41, 5.74) is 5.91. The van der Waals surface area contributed by atoms with Crippen molar-refractivity contribution >= 4 is 0 Å². The maximum absolute atomic E-state index is 3.65. The quantitative estimate of drug-likeness (QED) is 0.714.